The van der Waals surface area contributed by atoms with Gasteiger partial charge in [0.05, 0.1) is 9.89 Å². The highest BCUT2D eigenvalue weighted by molar-refractivity contribution is 9.11. The summed E-state index contributed by atoms with van der Waals surface area (Å²) in [5, 5.41) is 9.81. The molecule has 2 atom stereocenters. The van der Waals surface area contributed by atoms with E-state index in [0.717, 1.165) is 9.35 Å². The van der Waals surface area contributed by atoms with E-state index in [2.05, 4.69) is 15.9 Å². The molecule has 1 aliphatic rings. The van der Waals surface area contributed by atoms with Crippen LogP contribution < -0.4 is 0 Å². The highest BCUT2D eigenvalue weighted by Gasteiger charge is 2.33. The van der Waals surface area contributed by atoms with Crippen LogP contribution in [-0.2, 0) is 10.0 Å². The smallest absolute Gasteiger partial charge is 0.252 e. The van der Waals surface area contributed by atoms with Gasteiger partial charge in [0, 0.05) is 13.1 Å². The minimum absolute atomic E-state index is 0.160. The number of aliphatic hydroxyl groups is 1. The van der Waals surface area contributed by atoms with Crippen LogP contribution in [0.5, 0.6) is 0 Å². The predicted octanol–water partition coefficient (Wildman–Crippen LogP) is 2.21. The van der Waals surface area contributed by atoms with Gasteiger partial charge in [0.25, 0.3) is 10.0 Å². The zero-order chi connectivity index (χ0) is 13.5. The number of nitrogens with zero attached hydrogens (tertiary/aromatic N) is 1. The minimum atomic E-state index is -3.46. The lowest BCUT2D eigenvalue weighted by Gasteiger charge is -2.32. The second kappa shape index (κ2) is 5.20. The highest BCUT2D eigenvalue weighted by Crippen LogP contribution is 2.33. The summed E-state index contributed by atoms with van der Waals surface area (Å²) < 4.78 is 27.4. The first kappa shape index (κ1) is 14.5. The summed E-state index contributed by atoms with van der Waals surface area (Å²) in [5.41, 5.74) is 0.921. The third-order valence-corrected chi connectivity index (χ3v) is 7.76. The van der Waals surface area contributed by atoms with E-state index in [0.29, 0.717) is 17.2 Å². The lowest BCUT2D eigenvalue weighted by molar-refractivity contribution is 0.0606. The van der Waals surface area contributed by atoms with Crippen LogP contribution in [0.15, 0.2) is 14.1 Å². The normalized spacial score (nSPS) is 26.4. The summed E-state index contributed by atoms with van der Waals surface area (Å²) in [6, 6.07) is 1.68. The summed E-state index contributed by atoms with van der Waals surface area (Å²) >= 11 is 4.56. The third kappa shape index (κ3) is 2.65. The van der Waals surface area contributed by atoms with Crippen LogP contribution in [0.1, 0.15) is 18.9 Å². The van der Waals surface area contributed by atoms with E-state index < -0.39 is 16.1 Å². The number of thiophene rings is 1. The zero-order valence-corrected chi connectivity index (χ0v) is 13.5. The fourth-order valence-electron chi connectivity index (χ4n) is 1.92. The van der Waals surface area contributed by atoms with Gasteiger partial charge in [-0.05, 0) is 46.8 Å². The van der Waals surface area contributed by atoms with Crippen LogP contribution >= 0.6 is 27.3 Å². The van der Waals surface area contributed by atoms with Crippen molar-refractivity contribution in [3.63, 3.8) is 0 Å². The van der Waals surface area contributed by atoms with Crippen LogP contribution in [0.4, 0.5) is 0 Å². The second-order valence-corrected chi connectivity index (χ2v) is 9.25. The quantitative estimate of drug-likeness (QED) is 0.886. The maximum absolute atomic E-state index is 12.4. The van der Waals surface area contributed by atoms with E-state index >= 15 is 0 Å². The van der Waals surface area contributed by atoms with Gasteiger partial charge < -0.3 is 5.11 Å². The minimum Gasteiger partial charge on any atom is -0.391 e. The van der Waals surface area contributed by atoms with Crippen molar-refractivity contribution in [2.45, 2.75) is 30.6 Å². The average molecular weight is 354 g/mol. The van der Waals surface area contributed by atoms with Gasteiger partial charge in [-0.2, -0.15) is 4.31 Å². The van der Waals surface area contributed by atoms with Gasteiger partial charge in [-0.3, -0.25) is 0 Å². The average Bonchev–Trinajstić information content (AvgIpc) is 2.64. The second-order valence-electron chi connectivity index (χ2n) is 4.72. The van der Waals surface area contributed by atoms with E-state index in [-0.39, 0.29) is 12.5 Å². The molecule has 0 aliphatic carbocycles. The number of aliphatic hydroxyl groups excluding tert-OH is 1. The lowest BCUT2D eigenvalue weighted by atomic mass is 9.98. The summed E-state index contributed by atoms with van der Waals surface area (Å²) in [6.07, 6.45) is 0.129. The van der Waals surface area contributed by atoms with Gasteiger partial charge in [0.15, 0.2) is 0 Å². The van der Waals surface area contributed by atoms with Gasteiger partial charge in [-0.1, -0.05) is 6.92 Å². The Balaban J connectivity index is 2.26. The van der Waals surface area contributed by atoms with Crippen molar-refractivity contribution in [3.05, 3.63) is 15.4 Å². The summed E-state index contributed by atoms with van der Waals surface area (Å²) in [7, 11) is -3.46. The first-order valence-electron chi connectivity index (χ1n) is 5.76. The van der Waals surface area contributed by atoms with E-state index in [1.807, 2.05) is 13.8 Å². The maximum atomic E-state index is 12.4. The molecule has 2 heterocycles. The number of hydrogen-bond donors (Lipinski definition) is 1. The molecule has 1 aromatic heterocycles. The van der Waals surface area contributed by atoms with Crippen molar-refractivity contribution in [1.82, 2.24) is 4.31 Å². The first-order valence-corrected chi connectivity index (χ1v) is 8.81. The molecular formula is C11H16BrNO3S2. The fraction of sp³-hybridized carbons (Fsp3) is 0.636. The third-order valence-electron chi connectivity index (χ3n) is 3.31. The van der Waals surface area contributed by atoms with Crippen LogP contribution in [0.25, 0.3) is 0 Å². The highest BCUT2D eigenvalue weighted by atomic mass is 79.9. The first-order chi connectivity index (χ1) is 8.32. The largest absolute Gasteiger partial charge is 0.391 e. The van der Waals surface area contributed by atoms with Crippen LogP contribution in [0, 0.1) is 12.8 Å². The molecule has 1 fully saturated rings. The van der Waals surface area contributed by atoms with Gasteiger partial charge >= 0.3 is 0 Å². The summed E-state index contributed by atoms with van der Waals surface area (Å²) in [5.74, 6) is 0.160. The molecule has 0 bridgehead atoms. The van der Waals surface area contributed by atoms with E-state index in [4.69, 9.17) is 0 Å². The lowest BCUT2D eigenvalue weighted by Crippen LogP contribution is -2.45. The van der Waals surface area contributed by atoms with E-state index in [1.165, 1.54) is 15.6 Å². The topological polar surface area (TPSA) is 57.6 Å². The van der Waals surface area contributed by atoms with Crippen molar-refractivity contribution in [2.24, 2.45) is 5.92 Å². The van der Waals surface area contributed by atoms with Gasteiger partial charge in [0.2, 0.25) is 0 Å². The van der Waals surface area contributed by atoms with Crippen molar-refractivity contribution in [2.75, 3.05) is 13.1 Å². The molecule has 7 heteroatoms. The summed E-state index contributed by atoms with van der Waals surface area (Å²) in [4.78, 5) is 0. The van der Waals surface area contributed by atoms with E-state index in [9.17, 15) is 13.5 Å². The van der Waals surface area contributed by atoms with Crippen molar-refractivity contribution < 1.29 is 13.5 Å². The number of halogens is 1. The SMILES string of the molecule is Cc1cc(S(=O)(=O)N2CCC(C)C(O)C2)sc1Br. The number of rotatable bonds is 2. The molecule has 2 unspecified atom stereocenters. The Morgan fingerprint density at radius 3 is 2.72 bits per heavy atom. The van der Waals surface area contributed by atoms with Crippen LogP contribution in [0.3, 0.4) is 0 Å². The number of β-amino-alcohol motifs (C(OH)–C–C–N with tert-alkyl or cyclic N) is 1. The zero-order valence-electron chi connectivity index (χ0n) is 10.3. The van der Waals surface area contributed by atoms with Crippen LogP contribution in [0.2, 0.25) is 0 Å². The molecular weight excluding hydrogens is 338 g/mol. The molecule has 1 N–H and O–H groups in total. The summed E-state index contributed by atoms with van der Waals surface area (Å²) in [6.45, 7) is 4.49. The molecule has 4 nitrogen and oxygen atoms in total. The van der Waals surface area contributed by atoms with Crippen molar-refractivity contribution >= 4 is 37.3 Å². The van der Waals surface area contributed by atoms with Gasteiger partial charge in [0.1, 0.15) is 4.21 Å². The molecule has 0 aromatic carbocycles. The number of hydrogen-bond acceptors (Lipinski definition) is 4. The predicted molar refractivity (Wildman–Crippen MR) is 75.3 cm³/mol. The number of aryl methyl sites for hydroxylation is 1. The molecule has 1 aliphatic heterocycles. The molecule has 0 amide bonds. The Kier molecular flexibility index (Phi) is 4.18. The van der Waals surface area contributed by atoms with Crippen molar-refractivity contribution in [1.29, 1.82) is 0 Å². The van der Waals surface area contributed by atoms with Crippen LogP contribution in [-0.4, -0.2) is 37.0 Å². The molecule has 0 spiro atoms. The van der Waals surface area contributed by atoms with E-state index in [1.54, 1.807) is 6.07 Å². The maximum Gasteiger partial charge on any atom is 0.252 e. The Labute approximate surface area is 120 Å². The Morgan fingerprint density at radius 1 is 1.56 bits per heavy atom. The monoisotopic (exact) mass is 353 g/mol. The molecule has 18 heavy (non-hydrogen) atoms. The number of sulfonamides is 1. The van der Waals surface area contributed by atoms with Crippen molar-refractivity contribution in [3.8, 4) is 0 Å². The standard InChI is InChI=1S/C11H16BrNO3S2/c1-7-3-4-13(6-9(7)14)18(15,16)10-5-8(2)11(12)17-10/h5,7,9,14H,3-4,6H2,1-2H3. The molecule has 102 valence electrons. The Morgan fingerprint density at radius 2 is 2.22 bits per heavy atom. The van der Waals surface area contributed by atoms with Gasteiger partial charge in [-0.25, -0.2) is 8.42 Å². The molecule has 1 saturated heterocycles. The Bertz CT molecular complexity index is 521. The molecule has 1 aromatic rings. The fourth-order valence-corrected chi connectivity index (χ4v) is 5.78. The number of piperidine rings is 1. The Hall–Kier alpha value is 0.0500. The molecule has 0 radical (unpaired) electrons. The molecule has 0 saturated carbocycles. The molecule has 2 rings (SSSR count). The van der Waals surface area contributed by atoms with Gasteiger partial charge in [-0.15, -0.1) is 11.3 Å².